The molecule has 4 heteroatoms. The standard InChI is InChI=1S/C15H25FN2O/c1-5-12(2)18(3)9-8-17-11-13-6-7-14(19-4)10-15(13)16/h6-7,10,12,17H,5,8-9,11H2,1-4H3. The van der Waals surface area contributed by atoms with Gasteiger partial charge in [0.15, 0.2) is 0 Å². The van der Waals surface area contributed by atoms with E-state index in [9.17, 15) is 4.39 Å². The molecule has 108 valence electrons. The molecule has 0 aliphatic heterocycles. The lowest BCUT2D eigenvalue weighted by molar-refractivity contribution is 0.251. The number of nitrogens with one attached hydrogen (secondary N) is 1. The highest BCUT2D eigenvalue weighted by Gasteiger charge is 2.06. The van der Waals surface area contributed by atoms with Crippen molar-refractivity contribution in [1.29, 1.82) is 0 Å². The summed E-state index contributed by atoms with van der Waals surface area (Å²) in [5.41, 5.74) is 0.673. The minimum Gasteiger partial charge on any atom is -0.497 e. The van der Waals surface area contributed by atoms with Crippen LogP contribution >= 0.6 is 0 Å². The van der Waals surface area contributed by atoms with Crippen LogP contribution in [-0.4, -0.2) is 38.2 Å². The second kappa shape index (κ2) is 8.12. The van der Waals surface area contributed by atoms with Gasteiger partial charge in [-0.3, -0.25) is 0 Å². The Hall–Kier alpha value is -1.13. The van der Waals surface area contributed by atoms with Gasteiger partial charge < -0.3 is 15.0 Å². The first-order chi connectivity index (χ1) is 9.08. The van der Waals surface area contributed by atoms with Crippen molar-refractivity contribution in [2.75, 3.05) is 27.2 Å². The highest BCUT2D eigenvalue weighted by atomic mass is 19.1. The van der Waals surface area contributed by atoms with Gasteiger partial charge in [0.05, 0.1) is 7.11 Å². The molecule has 0 aliphatic carbocycles. The summed E-state index contributed by atoms with van der Waals surface area (Å²) < 4.78 is 18.7. The Labute approximate surface area is 115 Å². The summed E-state index contributed by atoms with van der Waals surface area (Å²) in [7, 11) is 3.65. The Morgan fingerprint density at radius 1 is 1.42 bits per heavy atom. The van der Waals surface area contributed by atoms with Crippen LogP contribution in [0.3, 0.4) is 0 Å². The molecule has 1 N–H and O–H groups in total. The highest BCUT2D eigenvalue weighted by molar-refractivity contribution is 5.28. The van der Waals surface area contributed by atoms with E-state index in [1.807, 2.05) is 0 Å². The van der Waals surface area contributed by atoms with Crippen molar-refractivity contribution in [3.05, 3.63) is 29.6 Å². The Morgan fingerprint density at radius 3 is 2.74 bits per heavy atom. The van der Waals surface area contributed by atoms with Crippen molar-refractivity contribution < 1.29 is 9.13 Å². The Kier molecular flexibility index (Phi) is 6.81. The third-order valence-corrected chi connectivity index (χ3v) is 3.56. The van der Waals surface area contributed by atoms with E-state index in [2.05, 4.69) is 31.1 Å². The van der Waals surface area contributed by atoms with Crippen LogP contribution in [0.1, 0.15) is 25.8 Å². The van der Waals surface area contributed by atoms with Crippen LogP contribution in [0.5, 0.6) is 5.75 Å². The third-order valence-electron chi connectivity index (χ3n) is 3.56. The largest absolute Gasteiger partial charge is 0.497 e. The van der Waals surface area contributed by atoms with Gasteiger partial charge in [-0.1, -0.05) is 13.0 Å². The summed E-state index contributed by atoms with van der Waals surface area (Å²) in [5.74, 6) is 0.333. The molecular weight excluding hydrogens is 243 g/mol. The predicted octanol–water partition coefficient (Wildman–Crippen LogP) is 2.65. The van der Waals surface area contributed by atoms with Crippen LogP contribution in [0.25, 0.3) is 0 Å². The van der Waals surface area contributed by atoms with Crippen molar-refractivity contribution in [3.63, 3.8) is 0 Å². The number of methoxy groups -OCH3 is 1. The first-order valence-electron chi connectivity index (χ1n) is 6.81. The third kappa shape index (κ3) is 5.17. The molecule has 0 spiro atoms. The molecular formula is C15H25FN2O. The fraction of sp³-hybridized carbons (Fsp3) is 0.600. The summed E-state index contributed by atoms with van der Waals surface area (Å²) in [6.07, 6.45) is 1.14. The Morgan fingerprint density at radius 2 is 2.16 bits per heavy atom. The van der Waals surface area contributed by atoms with E-state index in [4.69, 9.17) is 4.74 Å². The van der Waals surface area contributed by atoms with Crippen LogP contribution in [-0.2, 0) is 6.54 Å². The molecule has 0 bridgehead atoms. The van der Waals surface area contributed by atoms with Gasteiger partial charge in [0.25, 0.3) is 0 Å². The average Bonchev–Trinajstić information content (AvgIpc) is 2.43. The number of rotatable bonds is 8. The van der Waals surface area contributed by atoms with E-state index < -0.39 is 0 Å². The average molecular weight is 268 g/mol. The van der Waals surface area contributed by atoms with Crippen LogP contribution in [0.15, 0.2) is 18.2 Å². The highest BCUT2D eigenvalue weighted by Crippen LogP contribution is 2.15. The zero-order valence-corrected chi connectivity index (χ0v) is 12.4. The number of hydrogen-bond acceptors (Lipinski definition) is 3. The minimum atomic E-state index is -0.220. The number of halogens is 1. The lowest BCUT2D eigenvalue weighted by atomic mass is 10.2. The fourth-order valence-electron chi connectivity index (χ4n) is 1.81. The first kappa shape index (κ1) is 15.9. The molecule has 0 aromatic heterocycles. The minimum absolute atomic E-state index is 0.220. The van der Waals surface area contributed by atoms with Gasteiger partial charge in [-0.2, -0.15) is 0 Å². The maximum absolute atomic E-state index is 13.7. The summed E-state index contributed by atoms with van der Waals surface area (Å²) in [6, 6.07) is 5.55. The monoisotopic (exact) mass is 268 g/mol. The number of ether oxygens (including phenoxy) is 1. The molecule has 0 saturated heterocycles. The maximum atomic E-state index is 13.7. The Bertz CT molecular complexity index is 384. The number of benzene rings is 1. The van der Waals surface area contributed by atoms with E-state index >= 15 is 0 Å². The summed E-state index contributed by atoms with van der Waals surface area (Å²) in [4.78, 5) is 2.30. The molecule has 1 unspecified atom stereocenters. The van der Waals surface area contributed by atoms with Crippen molar-refractivity contribution in [3.8, 4) is 5.75 Å². The number of likely N-dealkylation sites (N-methyl/N-ethyl adjacent to an activating group) is 1. The van der Waals surface area contributed by atoms with Crippen LogP contribution in [0.2, 0.25) is 0 Å². The zero-order chi connectivity index (χ0) is 14.3. The zero-order valence-electron chi connectivity index (χ0n) is 12.4. The van der Waals surface area contributed by atoms with E-state index in [-0.39, 0.29) is 5.82 Å². The van der Waals surface area contributed by atoms with Crippen LogP contribution in [0, 0.1) is 5.82 Å². The number of hydrogen-bond donors (Lipinski definition) is 1. The lowest BCUT2D eigenvalue weighted by Crippen LogP contribution is -2.34. The Balaban J connectivity index is 2.33. The molecule has 0 amide bonds. The van der Waals surface area contributed by atoms with Gasteiger partial charge >= 0.3 is 0 Å². The van der Waals surface area contributed by atoms with Gasteiger partial charge in [0, 0.05) is 37.3 Å². The molecule has 1 atom stereocenters. The van der Waals surface area contributed by atoms with Gasteiger partial charge in [-0.15, -0.1) is 0 Å². The second-order valence-electron chi connectivity index (χ2n) is 4.87. The molecule has 1 aromatic rings. The van der Waals surface area contributed by atoms with Crippen molar-refractivity contribution in [1.82, 2.24) is 10.2 Å². The topological polar surface area (TPSA) is 24.5 Å². The number of nitrogens with zero attached hydrogens (tertiary/aromatic N) is 1. The molecule has 0 aliphatic rings. The van der Waals surface area contributed by atoms with E-state index in [0.29, 0.717) is 23.9 Å². The maximum Gasteiger partial charge on any atom is 0.131 e. The van der Waals surface area contributed by atoms with Gasteiger partial charge in [-0.05, 0) is 26.5 Å². The summed E-state index contributed by atoms with van der Waals surface area (Å²) in [6.45, 7) is 6.76. The quantitative estimate of drug-likeness (QED) is 0.734. The van der Waals surface area contributed by atoms with Gasteiger partial charge in [0.1, 0.15) is 11.6 Å². The van der Waals surface area contributed by atoms with Crippen LogP contribution in [0.4, 0.5) is 4.39 Å². The van der Waals surface area contributed by atoms with Crippen LogP contribution < -0.4 is 10.1 Å². The molecule has 19 heavy (non-hydrogen) atoms. The van der Waals surface area contributed by atoms with Gasteiger partial charge in [-0.25, -0.2) is 4.39 Å². The summed E-state index contributed by atoms with van der Waals surface area (Å²) >= 11 is 0. The van der Waals surface area contributed by atoms with E-state index in [0.717, 1.165) is 19.5 Å². The smallest absolute Gasteiger partial charge is 0.131 e. The molecule has 0 radical (unpaired) electrons. The second-order valence-corrected chi connectivity index (χ2v) is 4.87. The first-order valence-corrected chi connectivity index (χ1v) is 6.81. The van der Waals surface area contributed by atoms with Crippen molar-refractivity contribution in [2.45, 2.75) is 32.9 Å². The van der Waals surface area contributed by atoms with Crippen molar-refractivity contribution >= 4 is 0 Å². The molecule has 1 aromatic carbocycles. The normalized spacial score (nSPS) is 12.7. The van der Waals surface area contributed by atoms with Crippen molar-refractivity contribution in [2.24, 2.45) is 0 Å². The SMILES string of the molecule is CCC(C)N(C)CCNCc1ccc(OC)cc1F. The van der Waals surface area contributed by atoms with Gasteiger partial charge in [0.2, 0.25) is 0 Å². The van der Waals surface area contributed by atoms with E-state index in [1.54, 1.807) is 12.1 Å². The molecule has 0 saturated carbocycles. The molecule has 0 fully saturated rings. The lowest BCUT2D eigenvalue weighted by Gasteiger charge is -2.23. The molecule has 0 heterocycles. The molecule has 1 rings (SSSR count). The fourth-order valence-corrected chi connectivity index (χ4v) is 1.81. The predicted molar refractivity (Wildman–Crippen MR) is 77.0 cm³/mol. The molecule has 3 nitrogen and oxygen atoms in total. The van der Waals surface area contributed by atoms with E-state index in [1.165, 1.54) is 13.2 Å². The summed E-state index contributed by atoms with van der Waals surface area (Å²) in [5, 5.41) is 3.27.